The van der Waals surface area contributed by atoms with Gasteiger partial charge in [0.05, 0.1) is 18.5 Å². The Morgan fingerprint density at radius 2 is 1.86 bits per heavy atom. The molecule has 5 heteroatoms. The highest BCUT2D eigenvalue weighted by Crippen LogP contribution is 2.28. The Morgan fingerprint density at radius 1 is 1.09 bits per heavy atom. The smallest absolute Gasteiger partial charge is 0.146 e. The molecule has 0 saturated heterocycles. The molecule has 0 radical (unpaired) electrons. The fourth-order valence-electron chi connectivity index (χ4n) is 2.31. The number of ether oxygens (including phenoxy) is 1. The van der Waals surface area contributed by atoms with E-state index in [-0.39, 0.29) is 0 Å². The van der Waals surface area contributed by atoms with Crippen LogP contribution in [0.25, 0.3) is 16.9 Å². The summed E-state index contributed by atoms with van der Waals surface area (Å²) in [6, 6.07) is 18.0. The molecular weight excluding hydrogens is 294 g/mol. The summed E-state index contributed by atoms with van der Waals surface area (Å²) >= 11 is 1.72. The van der Waals surface area contributed by atoms with Gasteiger partial charge in [-0.1, -0.05) is 18.2 Å². The SMILES string of the molecule is COc1cccc(-n2nc(N)cc2-c2ccc(SC)cc2)c1. The van der Waals surface area contributed by atoms with E-state index in [9.17, 15) is 0 Å². The highest BCUT2D eigenvalue weighted by atomic mass is 32.2. The highest BCUT2D eigenvalue weighted by Gasteiger charge is 2.11. The number of hydrogen-bond acceptors (Lipinski definition) is 4. The van der Waals surface area contributed by atoms with Gasteiger partial charge in [-0.3, -0.25) is 0 Å². The molecule has 3 rings (SSSR count). The minimum atomic E-state index is 0.492. The molecule has 22 heavy (non-hydrogen) atoms. The standard InChI is InChI=1S/C17H17N3OS/c1-21-14-5-3-4-13(10-14)20-16(11-17(18)19-20)12-6-8-15(22-2)9-7-12/h3-11H,1-2H3,(H2,18,19). The van der Waals surface area contributed by atoms with E-state index >= 15 is 0 Å². The van der Waals surface area contributed by atoms with Gasteiger partial charge in [0.15, 0.2) is 0 Å². The number of thioether (sulfide) groups is 1. The molecule has 2 N–H and O–H groups in total. The first kappa shape index (κ1) is 14.5. The summed E-state index contributed by atoms with van der Waals surface area (Å²) in [6.07, 6.45) is 2.06. The van der Waals surface area contributed by atoms with Crippen LogP contribution in [-0.4, -0.2) is 23.1 Å². The van der Waals surface area contributed by atoms with Gasteiger partial charge in [-0.25, -0.2) is 4.68 Å². The first-order valence-electron chi connectivity index (χ1n) is 6.85. The summed E-state index contributed by atoms with van der Waals surface area (Å²) < 4.78 is 7.12. The minimum absolute atomic E-state index is 0.492. The summed E-state index contributed by atoms with van der Waals surface area (Å²) in [6.45, 7) is 0. The summed E-state index contributed by atoms with van der Waals surface area (Å²) in [5, 5.41) is 4.41. The molecule has 112 valence electrons. The van der Waals surface area contributed by atoms with E-state index in [1.165, 1.54) is 4.90 Å². The molecule has 0 aliphatic carbocycles. The lowest BCUT2D eigenvalue weighted by atomic mass is 10.1. The monoisotopic (exact) mass is 311 g/mol. The van der Waals surface area contributed by atoms with Gasteiger partial charge in [-0.15, -0.1) is 11.8 Å². The molecule has 0 spiro atoms. The van der Waals surface area contributed by atoms with Crippen molar-refractivity contribution in [2.75, 3.05) is 19.1 Å². The van der Waals surface area contributed by atoms with E-state index in [1.807, 2.05) is 35.0 Å². The van der Waals surface area contributed by atoms with Gasteiger partial charge in [0.25, 0.3) is 0 Å². The molecular formula is C17H17N3OS. The summed E-state index contributed by atoms with van der Waals surface area (Å²) in [5.74, 6) is 1.28. The maximum absolute atomic E-state index is 5.91. The number of hydrogen-bond donors (Lipinski definition) is 1. The lowest BCUT2D eigenvalue weighted by molar-refractivity contribution is 0.414. The third-order valence-corrected chi connectivity index (χ3v) is 4.16. The summed E-state index contributed by atoms with van der Waals surface area (Å²) in [7, 11) is 1.65. The van der Waals surface area contributed by atoms with Crippen LogP contribution in [0.3, 0.4) is 0 Å². The van der Waals surface area contributed by atoms with Crippen molar-refractivity contribution in [2.45, 2.75) is 4.90 Å². The largest absolute Gasteiger partial charge is 0.497 e. The maximum atomic E-state index is 5.91. The van der Waals surface area contributed by atoms with Crippen LogP contribution in [0.5, 0.6) is 5.75 Å². The minimum Gasteiger partial charge on any atom is -0.497 e. The summed E-state index contributed by atoms with van der Waals surface area (Å²) in [5.41, 5.74) is 8.86. The van der Waals surface area contributed by atoms with Crippen molar-refractivity contribution >= 4 is 17.6 Å². The van der Waals surface area contributed by atoms with Crippen molar-refractivity contribution in [3.63, 3.8) is 0 Å². The number of nitrogens with zero attached hydrogens (tertiary/aromatic N) is 2. The molecule has 0 unspecified atom stereocenters. The van der Waals surface area contributed by atoms with Crippen LogP contribution in [0.4, 0.5) is 5.82 Å². The van der Waals surface area contributed by atoms with Crippen molar-refractivity contribution in [1.29, 1.82) is 0 Å². The normalized spacial score (nSPS) is 10.6. The number of nitrogens with two attached hydrogens (primary N) is 1. The van der Waals surface area contributed by atoms with Gasteiger partial charge >= 0.3 is 0 Å². The number of benzene rings is 2. The Morgan fingerprint density at radius 3 is 2.55 bits per heavy atom. The third kappa shape index (κ3) is 2.80. The van der Waals surface area contributed by atoms with Gasteiger partial charge in [-0.05, 0) is 30.5 Å². The number of nitrogen functional groups attached to an aromatic ring is 1. The summed E-state index contributed by atoms with van der Waals surface area (Å²) in [4.78, 5) is 1.23. The van der Waals surface area contributed by atoms with Gasteiger partial charge < -0.3 is 10.5 Å². The third-order valence-electron chi connectivity index (χ3n) is 3.41. The zero-order chi connectivity index (χ0) is 15.5. The first-order chi connectivity index (χ1) is 10.7. The highest BCUT2D eigenvalue weighted by molar-refractivity contribution is 7.98. The van der Waals surface area contributed by atoms with Crippen molar-refractivity contribution in [3.05, 3.63) is 54.6 Å². The van der Waals surface area contributed by atoms with Crippen molar-refractivity contribution in [3.8, 4) is 22.7 Å². The zero-order valence-corrected chi connectivity index (χ0v) is 13.3. The van der Waals surface area contributed by atoms with Crippen LogP contribution in [0, 0.1) is 0 Å². The number of methoxy groups -OCH3 is 1. The van der Waals surface area contributed by atoms with E-state index in [1.54, 1.807) is 18.9 Å². The van der Waals surface area contributed by atoms with Crippen molar-refractivity contribution < 1.29 is 4.74 Å². The van der Waals surface area contributed by atoms with E-state index in [0.29, 0.717) is 5.82 Å². The lowest BCUT2D eigenvalue weighted by Crippen LogP contribution is -2.00. The van der Waals surface area contributed by atoms with E-state index in [2.05, 4.69) is 35.6 Å². The van der Waals surface area contributed by atoms with E-state index in [4.69, 9.17) is 10.5 Å². The zero-order valence-electron chi connectivity index (χ0n) is 12.5. The molecule has 0 fully saturated rings. The Bertz CT molecular complexity index is 781. The lowest BCUT2D eigenvalue weighted by Gasteiger charge is -2.09. The predicted octanol–water partition coefficient (Wildman–Crippen LogP) is 3.85. The van der Waals surface area contributed by atoms with Crippen LogP contribution in [0.2, 0.25) is 0 Å². The average molecular weight is 311 g/mol. The molecule has 4 nitrogen and oxygen atoms in total. The molecule has 0 bridgehead atoms. The molecule has 1 aromatic heterocycles. The molecule has 1 heterocycles. The molecule has 0 saturated carbocycles. The van der Waals surface area contributed by atoms with Crippen LogP contribution in [0.1, 0.15) is 0 Å². The van der Waals surface area contributed by atoms with Crippen LogP contribution >= 0.6 is 11.8 Å². The molecule has 0 amide bonds. The average Bonchev–Trinajstić information content (AvgIpc) is 2.97. The Labute approximate surface area is 133 Å². The van der Waals surface area contributed by atoms with Gasteiger partial charge in [0.2, 0.25) is 0 Å². The molecule has 2 aromatic carbocycles. The van der Waals surface area contributed by atoms with Gasteiger partial charge in [-0.2, -0.15) is 5.10 Å². The first-order valence-corrected chi connectivity index (χ1v) is 8.08. The molecule has 0 aliphatic rings. The molecule has 3 aromatic rings. The number of rotatable bonds is 4. The maximum Gasteiger partial charge on any atom is 0.146 e. The number of aromatic nitrogens is 2. The van der Waals surface area contributed by atoms with Crippen molar-refractivity contribution in [1.82, 2.24) is 9.78 Å². The van der Waals surface area contributed by atoms with Crippen molar-refractivity contribution in [2.24, 2.45) is 0 Å². The second-order valence-corrected chi connectivity index (χ2v) is 5.68. The Balaban J connectivity index is 2.08. The van der Waals surface area contributed by atoms with Gasteiger partial charge in [0, 0.05) is 22.6 Å². The van der Waals surface area contributed by atoms with Gasteiger partial charge in [0.1, 0.15) is 11.6 Å². The fourth-order valence-corrected chi connectivity index (χ4v) is 2.71. The topological polar surface area (TPSA) is 53.1 Å². The molecule has 0 aliphatic heterocycles. The second kappa shape index (κ2) is 6.15. The van der Waals surface area contributed by atoms with Crippen LogP contribution in [-0.2, 0) is 0 Å². The Hall–Kier alpha value is -2.40. The fraction of sp³-hybridized carbons (Fsp3) is 0.118. The van der Waals surface area contributed by atoms with Crippen LogP contribution < -0.4 is 10.5 Å². The second-order valence-electron chi connectivity index (χ2n) is 4.80. The predicted molar refractivity (Wildman–Crippen MR) is 91.7 cm³/mol. The van der Waals surface area contributed by atoms with E-state index < -0.39 is 0 Å². The Kier molecular flexibility index (Phi) is 4.06. The number of anilines is 1. The molecule has 0 atom stereocenters. The quantitative estimate of drug-likeness (QED) is 0.744. The van der Waals surface area contributed by atoms with Crippen LogP contribution in [0.15, 0.2) is 59.5 Å². The van der Waals surface area contributed by atoms with E-state index in [0.717, 1.165) is 22.7 Å².